The molecule has 0 saturated carbocycles. The van der Waals surface area contributed by atoms with Crippen LogP contribution in [0.25, 0.3) is 0 Å². The van der Waals surface area contributed by atoms with Gasteiger partial charge in [0.05, 0.1) is 24.9 Å². The SMILES string of the molecule is COC(=O)c1cc(NCc2nc(C)no2)c(F)cc1N. The summed E-state index contributed by atoms with van der Waals surface area (Å²) in [5.41, 5.74) is 5.75. The van der Waals surface area contributed by atoms with Crippen molar-refractivity contribution in [3.8, 4) is 0 Å². The second kappa shape index (κ2) is 5.55. The van der Waals surface area contributed by atoms with E-state index in [1.54, 1.807) is 6.92 Å². The number of methoxy groups -OCH3 is 1. The number of ether oxygens (including phenoxy) is 1. The number of carbonyl (C=O) groups excluding carboxylic acids is 1. The maximum absolute atomic E-state index is 13.7. The predicted molar refractivity (Wildman–Crippen MR) is 68.5 cm³/mol. The molecule has 0 aliphatic carbocycles. The quantitative estimate of drug-likeness (QED) is 0.646. The highest BCUT2D eigenvalue weighted by Gasteiger charge is 2.15. The summed E-state index contributed by atoms with van der Waals surface area (Å²) in [6.07, 6.45) is 0. The van der Waals surface area contributed by atoms with Crippen molar-refractivity contribution >= 4 is 17.3 Å². The van der Waals surface area contributed by atoms with Crippen LogP contribution in [-0.2, 0) is 11.3 Å². The van der Waals surface area contributed by atoms with Gasteiger partial charge in [-0.1, -0.05) is 5.16 Å². The summed E-state index contributed by atoms with van der Waals surface area (Å²) >= 11 is 0. The molecule has 106 valence electrons. The van der Waals surface area contributed by atoms with Crippen LogP contribution in [0.4, 0.5) is 15.8 Å². The van der Waals surface area contributed by atoms with Gasteiger partial charge < -0.3 is 20.3 Å². The molecule has 1 aromatic heterocycles. The number of carbonyl (C=O) groups is 1. The van der Waals surface area contributed by atoms with Gasteiger partial charge in [-0.05, 0) is 19.1 Å². The van der Waals surface area contributed by atoms with Gasteiger partial charge in [0.15, 0.2) is 5.82 Å². The number of esters is 1. The van der Waals surface area contributed by atoms with Crippen molar-refractivity contribution in [2.45, 2.75) is 13.5 Å². The number of nitrogens with one attached hydrogen (secondary N) is 1. The van der Waals surface area contributed by atoms with E-state index >= 15 is 0 Å². The van der Waals surface area contributed by atoms with E-state index in [-0.39, 0.29) is 23.5 Å². The lowest BCUT2D eigenvalue weighted by atomic mass is 10.1. The van der Waals surface area contributed by atoms with Gasteiger partial charge in [0.1, 0.15) is 5.82 Å². The molecule has 0 saturated heterocycles. The van der Waals surface area contributed by atoms with E-state index in [9.17, 15) is 9.18 Å². The Morgan fingerprint density at radius 1 is 1.55 bits per heavy atom. The van der Waals surface area contributed by atoms with E-state index in [1.165, 1.54) is 13.2 Å². The standard InChI is InChI=1S/C12H13FN4O3/c1-6-16-11(20-17-6)5-15-10-3-7(12(18)19-2)9(14)4-8(10)13/h3-4,15H,5,14H2,1-2H3. The first-order valence-corrected chi connectivity index (χ1v) is 5.71. The highest BCUT2D eigenvalue weighted by molar-refractivity contribution is 5.96. The van der Waals surface area contributed by atoms with E-state index in [1.807, 2.05) is 0 Å². The third-order valence-electron chi connectivity index (χ3n) is 2.54. The summed E-state index contributed by atoms with van der Waals surface area (Å²) in [7, 11) is 1.22. The largest absolute Gasteiger partial charge is 0.465 e. The molecule has 0 amide bonds. The van der Waals surface area contributed by atoms with Crippen molar-refractivity contribution in [2.24, 2.45) is 0 Å². The van der Waals surface area contributed by atoms with Crippen LogP contribution in [0, 0.1) is 12.7 Å². The monoisotopic (exact) mass is 280 g/mol. The molecule has 2 aromatic rings. The van der Waals surface area contributed by atoms with Gasteiger partial charge >= 0.3 is 5.97 Å². The number of hydrogen-bond acceptors (Lipinski definition) is 7. The van der Waals surface area contributed by atoms with Gasteiger partial charge in [-0.2, -0.15) is 4.98 Å². The van der Waals surface area contributed by atoms with Crippen molar-refractivity contribution in [2.75, 3.05) is 18.2 Å². The zero-order chi connectivity index (χ0) is 14.7. The maximum atomic E-state index is 13.7. The third-order valence-corrected chi connectivity index (χ3v) is 2.54. The van der Waals surface area contributed by atoms with Crippen LogP contribution >= 0.6 is 0 Å². The molecule has 0 radical (unpaired) electrons. The second-order valence-electron chi connectivity index (χ2n) is 4.00. The molecular weight excluding hydrogens is 267 g/mol. The molecule has 3 N–H and O–H groups in total. The maximum Gasteiger partial charge on any atom is 0.340 e. The van der Waals surface area contributed by atoms with E-state index < -0.39 is 11.8 Å². The van der Waals surface area contributed by atoms with Gasteiger partial charge in [0.25, 0.3) is 0 Å². The Labute approximate surface area is 113 Å². The van der Waals surface area contributed by atoms with Crippen LogP contribution in [0.1, 0.15) is 22.1 Å². The van der Waals surface area contributed by atoms with E-state index in [2.05, 4.69) is 20.2 Å². The number of anilines is 2. The molecular formula is C12H13FN4O3. The Balaban J connectivity index is 2.20. The molecule has 0 fully saturated rings. The number of aromatic nitrogens is 2. The number of benzene rings is 1. The fourth-order valence-corrected chi connectivity index (χ4v) is 1.59. The Morgan fingerprint density at radius 2 is 2.30 bits per heavy atom. The summed E-state index contributed by atoms with van der Waals surface area (Å²) < 4.78 is 23.2. The highest BCUT2D eigenvalue weighted by atomic mass is 19.1. The average Bonchev–Trinajstić information content (AvgIpc) is 2.83. The lowest BCUT2D eigenvalue weighted by Gasteiger charge is -2.09. The lowest BCUT2D eigenvalue weighted by Crippen LogP contribution is -2.09. The number of nitrogen functional groups attached to an aromatic ring is 1. The summed E-state index contributed by atoms with van der Waals surface area (Å²) in [5.74, 6) is -0.446. The van der Waals surface area contributed by atoms with Crippen LogP contribution in [0.15, 0.2) is 16.7 Å². The minimum absolute atomic E-state index is 0.00790. The number of nitrogens with zero attached hydrogens (tertiary/aromatic N) is 2. The van der Waals surface area contributed by atoms with Gasteiger partial charge in [0.2, 0.25) is 5.89 Å². The number of aryl methyl sites for hydroxylation is 1. The summed E-state index contributed by atoms with van der Waals surface area (Å²) in [6.45, 7) is 1.80. The number of hydrogen-bond donors (Lipinski definition) is 2. The summed E-state index contributed by atoms with van der Waals surface area (Å²) in [4.78, 5) is 15.4. The van der Waals surface area contributed by atoms with Gasteiger partial charge in [0, 0.05) is 5.69 Å². The zero-order valence-corrected chi connectivity index (χ0v) is 10.9. The highest BCUT2D eigenvalue weighted by Crippen LogP contribution is 2.23. The molecule has 8 heteroatoms. The molecule has 20 heavy (non-hydrogen) atoms. The van der Waals surface area contributed by atoms with Gasteiger partial charge in [-0.3, -0.25) is 0 Å². The molecule has 0 unspecified atom stereocenters. The molecule has 1 aromatic carbocycles. The van der Waals surface area contributed by atoms with Crippen molar-refractivity contribution < 1.29 is 18.4 Å². The Kier molecular flexibility index (Phi) is 3.83. The van der Waals surface area contributed by atoms with Crippen molar-refractivity contribution in [3.05, 3.63) is 35.2 Å². The van der Waals surface area contributed by atoms with Crippen LogP contribution in [0.3, 0.4) is 0 Å². The van der Waals surface area contributed by atoms with Crippen molar-refractivity contribution in [1.82, 2.24) is 10.1 Å². The third kappa shape index (κ3) is 2.85. The summed E-state index contributed by atoms with van der Waals surface area (Å²) in [5, 5.41) is 6.37. The zero-order valence-electron chi connectivity index (χ0n) is 10.9. The molecule has 0 atom stereocenters. The lowest BCUT2D eigenvalue weighted by molar-refractivity contribution is 0.0602. The molecule has 0 aliphatic rings. The molecule has 2 rings (SSSR count). The number of rotatable bonds is 4. The van der Waals surface area contributed by atoms with Gasteiger partial charge in [-0.15, -0.1) is 0 Å². The Hall–Kier alpha value is -2.64. The fourth-order valence-electron chi connectivity index (χ4n) is 1.59. The van der Waals surface area contributed by atoms with E-state index in [4.69, 9.17) is 10.3 Å². The van der Waals surface area contributed by atoms with Crippen LogP contribution in [-0.4, -0.2) is 23.2 Å². The number of halogens is 1. The Bertz CT molecular complexity index is 642. The second-order valence-corrected chi connectivity index (χ2v) is 4.00. The smallest absolute Gasteiger partial charge is 0.340 e. The molecule has 1 heterocycles. The normalized spacial score (nSPS) is 10.3. The molecule has 0 bridgehead atoms. The first kappa shape index (κ1) is 13.8. The van der Waals surface area contributed by atoms with Crippen LogP contribution < -0.4 is 11.1 Å². The minimum Gasteiger partial charge on any atom is -0.465 e. The van der Waals surface area contributed by atoms with Crippen LogP contribution in [0.5, 0.6) is 0 Å². The molecule has 0 aliphatic heterocycles. The van der Waals surface area contributed by atoms with Crippen LogP contribution in [0.2, 0.25) is 0 Å². The van der Waals surface area contributed by atoms with Gasteiger partial charge in [-0.25, -0.2) is 9.18 Å². The fraction of sp³-hybridized carbons (Fsp3) is 0.250. The average molecular weight is 280 g/mol. The molecule has 0 spiro atoms. The van der Waals surface area contributed by atoms with E-state index in [0.29, 0.717) is 11.7 Å². The first-order chi connectivity index (χ1) is 9.51. The van der Waals surface area contributed by atoms with Crippen molar-refractivity contribution in [1.29, 1.82) is 0 Å². The van der Waals surface area contributed by atoms with Crippen molar-refractivity contribution in [3.63, 3.8) is 0 Å². The molecule has 7 nitrogen and oxygen atoms in total. The first-order valence-electron chi connectivity index (χ1n) is 5.71. The summed E-state index contributed by atoms with van der Waals surface area (Å²) in [6, 6.07) is 2.33. The van der Waals surface area contributed by atoms with E-state index in [0.717, 1.165) is 6.07 Å². The predicted octanol–water partition coefficient (Wildman–Crippen LogP) is 1.50. The minimum atomic E-state index is -0.640. The Morgan fingerprint density at radius 3 is 2.90 bits per heavy atom. The number of nitrogens with two attached hydrogens (primary N) is 1. The topological polar surface area (TPSA) is 103 Å².